The van der Waals surface area contributed by atoms with Crippen molar-refractivity contribution in [1.82, 2.24) is 0 Å². The Balaban J connectivity index is 3.17. The van der Waals surface area contributed by atoms with Crippen LogP contribution in [0.3, 0.4) is 0 Å². The van der Waals surface area contributed by atoms with E-state index < -0.39 is 0 Å². The zero-order valence-corrected chi connectivity index (χ0v) is 9.17. The Kier molecular flexibility index (Phi) is 3.69. The molecule has 2 N–H and O–H groups in total. The van der Waals surface area contributed by atoms with Gasteiger partial charge in [-0.05, 0) is 24.5 Å². The number of hydrogen-bond acceptors (Lipinski definition) is 1. The molecule has 1 rings (SSSR count). The van der Waals surface area contributed by atoms with Crippen LogP contribution in [0, 0.1) is 6.92 Å². The number of rotatable bonds is 3. The van der Waals surface area contributed by atoms with Crippen LogP contribution < -0.4 is 5.73 Å². The number of benzene rings is 1. The lowest BCUT2D eigenvalue weighted by atomic mass is 10.1. The molecule has 1 aromatic rings. The highest BCUT2D eigenvalue weighted by Crippen LogP contribution is 2.24. The first-order valence-corrected chi connectivity index (χ1v) is 5.10. The molecule has 0 spiro atoms. The summed E-state index contributed by atoms with van der Waals surface area (Å²) >= 11 is 0. The van der Waals surface area contributed by atoms with Crippen LogP contribution in [0.15, 0.2) is 23.2 Å². The summed E-state index contributed by atoms with van der Waals surface area (Å²) < 4.78 is 0. The summed E-state index contributed by atoms with van der Waals surface area (Å²) in [6.45, 7) is 6.22. The van der Waals surface area contributed by atoms with E-state index in [0.29, 0.717) is 5.84 Å². The minimum Gasteiger partial charge on any atom is -0.387 e. The maximum absolute atomic E-state index is 5.75. The van der Waals surface area contributed by atoms with E-state index >= 15 is 0 Å². The second kappa shape index (κ2) is 4.80. The zero-order valence-electron chi connectivity index (χ0n) is 9.17. The molecule has 0 heterocycles. The molecular formula is C12H18N2. The number of amidine groups is 1. The quantitative estimate of drug-likeness (QED) is 0.577. The van der Waals surface area contributed by atoms with Gasteiger partial charge in [0.25, 0.3) is 0 Å². The number of nitrogens with two attached hydrogens (primary N) is 1. The predicted octanol–water partition coefficient (Wildman–Crippen LogP) is 2.96. The van der Waals surface area contributed by atoms with Crippen LogP contribution in [0.25, 0.3) is 0 Å². The van der Waals surface area contributed by atoms with Crippen molar-refractivity contribution in [2.24, 2.45) is 10.7 Å². The molecule has 14 heavy (non-hydrogen) atoms. The second-order valence-electron chi connectivity index (χ2n) is 3.39. The van der Waals surface area contributed by atoms with Crippen molar-refractivity contribution in [2.75, 3.05) is 0 Å². The summed E-state index contributed by atoms with van der Waals surface area (Å²) in [6.07, 6.45) is 1.80. The molecule has 0 fully saturated rings. The molecule has 0 atom stereocenters. The van der Waals surface area contributed by atoms with Crippen LogP contribution in [0.1, 0.15) is 31.4 Å². The van der Waals surface area contributed by atoms with Crippen molar-refractivity contribution in [1.29, 1.82) is 0 Å². The molecule has 0 aliphatic rings. The van der Waals surface area contributed by atoms with Crippen LogP contribution in [-0.2, 0) is 6.42 Å². The Morgan fingerprint density at radius 2 is 2.07 bits per heavy atom. The standard InChI is InChI=1S/C12H18N2/c1-4-10-8-6-7-9(3)12(10)14-11(13)5-2/h6-8H,4-5H2,1-3H3,(H2,13,14). The Hall–Kier alpha value is -1.31. The normalized spacial score (nSPS) is 11.8. The third-order valence-corrected chi connectivity index (χ3v) is 2.32. The molecule has 0 amide bonds. The van der Waals surface area contributed by atoms with Gasteiger partial charge in [-0.3, -0.25) is 0 Å². The van der Waals surface area contributed by atoms with E-state index in [9.17, 15) is 0 Å². The van der Waals surface area contributed by atoms with Gasteiger partial charge in [-0.2, -0.15) is 0 Å². The largest absolute Gasteiger partial charge is 0.387 e. The highest BCUT2D eigenvalue weighted by molar-refractivity contribution is 5.83. The van der Waals surface area contributed by atoms with Crippen LogP contribution >= 0.6 is 0 Å². The molecule has 0 radical (unpaired) electrons. The minimum absolute atomic E-state index is 0.703. The summed E-state index contributed by atoms with van der Waals surface area (Å²) in [5.74, 6) is 0.703. The fraction of sp³-hybridized carbons (Fsp3) is 0.417. The van der Waals surface area contributed by atoms with Crippen molar-refractivity contribution >= 4 is 11.5 Å². The summed E-state index contributed by atoms with van der Waals surface area (Å²) in [6, 6.07) is 6.24. The van der Waals surface area contributed by atoms with Gasteiger partial charge in [0, 0.05) is 6.42 Å². The molecule has 0 aliphatic heterocycles. The van der Waals surface area contributed by atoms with Crippen LogP contribution in [-0.4, -0.2) is 5.84 Å². The Bertz CT molecular complexity index is 340. The van der Waals surface area contributed by atoms with Gasteiger partial charge in [-0.1, -0.05) is 32.0 Å². The highest BCUT2D eigenvalue weighted by Gasteiger charge is 2.02. The van der Waals surface area contributed by atoms with Crippen molar-refractivity contribution < 1.29 is 0 Å². The van der Waals surface area contributed by atoms with Crippen molar-refractivity contribution in [3.05, 3.63) is 29.3 Å². The van der Waals surface area contributed by atoms with Gasteiger partial charge in [0.1, 0.15) is 0 Å². The smallest absolute Gasteiger partial charge is 0.0993 e. The van der Waals surface area contributed by atoms with E-state index in [0.717, 1.165) is 18.5 Å². The van der Waals surface area contributed by atoms with Gasteiger partial charge >= 0.3 is 0 Å². The Morgan fingerprint density at radius 1 is 1.36 bits per heavy atom. The number of hydrogen-bond donors (Lipinski definition) is 1. The fourth-order valence-corrected chi connectivity index (χ4v) is 1.39. The van der Waals surface area contributed by atoms with E-state index in [1.165, 1.54) is 11.1 Å². The zero-order chi connectivity index (χ0) is 10.6. The van der Waals surface area contributed by atoms with E-state index in [1.807, 2.05) is 6.92 Å². The third kappa shape index (κ3) is 2.34. The number of para-hydroxylation sites is 1. The molecule has 0 saturated heterocycles. The molecule has 0 unspecified atom stereocenters. The van der Waals surface area contributed by atoms with Gasteiger partial charge in [0.05, 0.1) is 11.5 Å². The molecule has 0 bridgehead atoms. The van der Waals surface area contributed by atoms with Crippen molar-refractivity contribution in [3.63, 3.8) is 0 Å². The Morgan fingerprint density at radius 3 is 2.64 bits per heavy atom. The lowest BCUT2D eigenvalue weighted by molar-refractivity contribution is 1.12. The molecular weight excluding hydrogens is 172 g/mol. The third-order valence-electron chi connectivity index (χ3n) is 2.32. The first-order valence-electron chi connectivity index (χ1n) is 5.10. The maximum Gasteiger partial charge on any atom is 0.0993 e. The molecule has 76 valence electrons. The fourth-order valence-electron chi connectivity index (χ4n) is 1.39. The minimum atomic E-state index is 0.703. The molecule has 0 aliphatic carbocycles. The van der Waals surface area contributed by atoms with E-state index in [-0.39, 0.29) is 0 Å². The lowest BCUT2D eigenvalue weighted by Crippen LogP contribution is -2.09. The lowest BCUT2D eigenvalue weighted by Gasteiger charge is -2.07. The topological polar surface area (TPSA) is 38.4 Å². The van der Waals surface area contributed by atoms with Crippen molar-refractivity contribution in [2.45, 2.75) is 33.6 Å². The molecule has 2 heteroatoms. The highest BCUT2D eigenvalue weighted by atomic mass is 14.9. The second-order valence-corrected chi connectivity index (χ2v) is 3.39. The number of aliphatic imine (C=N–C) groups is 1. The van der Waals surface area contributed by atoms with E-state index in [2.05, 4.69) is 37.0 Å². The monoisotopic (exact) mass is 190 g/mol. The first-order chi connectivity index (χ1) is 6.69. The maximum atomic E-state index is 5.75. The summed E-state index contributed by atoms with van der Waals surface area (Å²) in [5, 5.41) is 0. The van der Waals surface area contributed by atoms with Gasteiger partial charge in [0.15, 0.2) is 0 Å². The molecule has 2 nitrogen and oxygen atoms in total. The SMILES string of the molecule is CCC(N)=Nc1c(C)cccc1CC. The summed E-state index contributed by atoms with van der Waals surface area (Å²) in [4.78, 5) is 4.44. The van der Waals surface area contributed by atoms with E-state index in [1.54, 1.807) is 0 Å². The predicted molar refractivity (Wildman–Crippen MR) is 62.1 cm³/mol. The van der Waals surface area contributed by atoms with Gasteiger partial charge in [-0.15, -0.1) is 0 Å². The van der Waals surface area contributed by atoms with Crippen LogP contribution in [0.5, 0.6) is 0 Å². The van der Waals surface area contributed by atoms with Gasteiger partial charge < -0.3 is 5.73 Å². The van der Waals surface area contributed by atoms with Crippen LogP contribution in [0.2, 0.25) is 0 Å². The number of aryl methyl sites for hydroxylation is 2. The molecule has 1 aromatic carbocycles. The first kappa shape index (κ1) is 10.8. The summed E-state index contributed by atoms with van der Waals surface area (Å²) in [5.41, 5.74) is 9.26. The van der Waals surface area contributed by atoms with Gasteiger partial charge in [-0.25, -0.2) is 4.99 Å². The summed E-state index contributed by atoms with van der Waals surface area (Å²) in [7, 11) is 0. The average Bonchev–Trinajstić information content (AvgIpc) is 2.20. The van der Waals surface area contributed by atoms with Gasteiger partial charge in [0.2, 0.25) is 0 Å². The van der Waals surface area contributed by atoms with Crippen molar-refractivity contribution in [3.8, 4) is 0 Å². The number of nitrogens with zero attached hydrogens (tertiary/aromatic N) is 1. The average molecular weight is 190 g/mol. The molecule has 0 aromatic heterocycles. The molecule has 0 saturated carbocycles. The van der Waals surface area contributed by atoms with Crippen LogP contribution in [0.4, 0.5) is 5.69 Å². The Labute approximate surface area is 85.9 Å². The van der Waals surface area contributed by atoms with E-state index in [4.69, 9.17) is 5.73 Å².